The Bertz CT molecular complexity index is 1280. The van der Waals surface area contributed by atoms with E-state index >= 15 is 0 Å². The lowest BCUT2D eigenvalue weighted by Gasteiger charge is -2.33. The highest BCUT2D eigenvalue weighted by atomic mass is 19.1. The van der Waals surface area contributed by atoms with E-state index in [1.165, 1.54) is 37.4 Å². The summed E-state index contributed by atoms with van der Waals surface area (Å²) in [6.07, 6.45) is 0. The molecule has 2 fully saturated rings. The molecular formula is C26H20F2N2O4. The Morgan fingerprint density at radius 1 is 0.912 bits per heavy atom. The minimum Gasteiger partial charge on any atom is -0.467 e. The quantitative estimate of drug-likeness (QED) is 0.475. The molecule has 0 saturated carbocycles. The van der Waals surface area contributed by atoms with Gasteiger partial charge in [0.15, 0.2) is 5.54 Å². The van der Waals surface area contributed by atoms with Crippen molar-refractivity contribution in [2.45, 2.75) is 11.6 Å². The molecule has 3 aromatic rings. The number of halogens is 2. The van der Waals surface area contributed by atoms with E-state index < -0.39 is 52.8 Å². The van der Waals surface area contributed by atoms with Crippen molar-refractivity contribution in [1.82, 2.24) is 5.32 Å². The molecule has 4 atom stereocenters. The summed E-state index contributed by atoms with van der Waals surface area (Å²) in [5, 5.41) is 3.13. The van der Waals surface area contributed by atoms with Crippen LogP contribution in [-0.4, -0.2) is 24.9 Å². The molecule has 0 spiro atoms. The second-order valence-electron chi connectivity index (χ2n) is 8.30. The van der Waals surface area contributed by atoms with Crippen LogP contribution in [-0.2, 0) is 24.7 Å². The molecule has 2 aliphatic heterocycles. The number of amides is 2. The zero-order chi connectivity index (χ0) is 24.0. The maximum Gasteiger partial charge on any atom is 0.331 e. The molecule has 0 aromatic heterocycles. The molecule has 6 nitrogen and oxygen atoms in total. The highest BCUT2D eigenvalue weighted by molar-refractivity contribution is 6.24. The minimum atomic E-state index is -1.74. The topological polar surface area (TPSA) is 75.7 Å². The number of esters is 1. The first kappa shape index (κ1) is 21.9. The summed E-state index contributed by atoms with van der Waals surface area (Å²) in [6, 6.07) is 18.3. The third-order valence-electron chi connectivity index (χ3n) is 6.62. The zero-order valence-corrected chi connectivity index (χ0v) is 18.1. The first-order valence-corrected chi connectivity index (χ1v) is 10.7. The number of imide groups is 1. The van der Waals surface area contributed by atoms with Crippen molar-refractivity contribution >= 4 is 23.5 Å². The van der Waals surface area contributed by atoms with Crippen LogP contribution in [0.2, 0.25) is 0 Å². The number of anilines is 1. The van der Waals surface area contributed by atoms with Gasteiger partial charge in [0, 0.05) is 11.6 Å². The first-order valence-electron chi connectivity index (χ1n) is 10.7. The number of nitrogens with zero attached hydrogens (tertiary/aromatic N) is 1. The number of rotatable bonds is 4. The Morgan fingerprint density at radius 2 is 1.56 bits per heavy atom. The molecule has 0 aliphatic carbocycles. The third kappa shape index (κ3) is 3.06. The second-order valence-corrected chi connectivity index (χ2v) is 8.30. The normalized spacial score (nSPS) is 26.0. The van der Waals surface area contributed by atoms with Crippen LogP contribution in [0.3, 0.4) is 0 Å². The van der Waals surface area contributed by atoms with Gasteiger partial charge in [0.05, 0.1) is 24.6 Å². The number of methoxy groups -OCH3 is 1. The van der Waals surface area contributed by atoms with Crippen molar-refractivity contribution in [3.05, 3.63) is 102 Å². The average Bonchev–Trinajstić information content (AvgIpc) is 3.34. The zero-order valence-electron chi connectivity index (χ0n) is 18.1. The second kappa shape index (κ2) is 8.14. The van der Waals surface area contributed by atoms with E-state index in [1.54, 1.807) is 36.4 Å². The molecule has 0 unspecified atom stereocenters. The SMILES string of the molecule is COC(=O)[C@]1(c2ccccc2)N[C@H](c2ccccc2F)[C@H]2C(=O)N(c3ccc(F)cc3)C(=O)[C@@H]21. The fraction of sp³-hybridized carbons (Fsp3) is 0.192. The lowest BCUT2D eigenvalue weighted by Crippen LogP contribution is -2.53. The molecule has 2 aliphatic rings. The lowest BCUT2D eigenvalue weighted by atomic mass is 9.75. The van der Waals surface area contributed by atoms with Gasteiger partial charge in [0.25, 0.3) is 0 Å². The fourth-order valence-corrected chi connectivity index (χ4v) is 5.18. The standard InChI is InChI=1S/C26H20F2N2O4/c1-34-25(33)26(15-7-3-2-4-8-15)21-20(22(29-26)18-9-5-6-10-19(18)28)23(31)30(24(21)32)17-13-11-16(27)12-14-17/h2-14,20-22,29H,1H3/t20-,21+,22+,26+/m0/s1. The number of hydrogen-bond acceptors (Lipinski definition) is 5. The molecule has 5 rings (SSSR count). The van der Waals surface area contributed by atoms with Gasteiger partial charge in [-0.2, -0.15) is 0 Å². The fourth-order valence-electron chi connectivity index (χ4n) is 5.18. The molecule has 34 heavy (non-hydrogen) atoms. The van der Waals surface area contributed by atoms with Crippen molar-refractivity contribution in [2.75, 3.05) is 12.0 Å². The summed E-state index contributed by atoms with van der Waals surface area (Å²) >= 11 is 0. The Labute approximate surface area is 194 Å². The molecule has 0 radical (unpaired) electrons. The third-order valence-corrected chi connectivity index (χ3v) is 6.62. The lowest BCUT2D eigenvalue weighted by molar-refractivity contribution is -0.152. The van der Waals surface area contributed by atoms with Crippen LogP contribution in [0.25, 0.3) is 0 Å². The van der Waals surface area contributed by atoms with Crippen LogP contribution in [0, 0.1) is 23.5 Å². The molecular weight excluding hydrogens is 442 g/mol. The molecule has 2 heterocycles. The van der Waals surface area contributed by atoms with Crippen LogP contribution < -0.4 is 10.2 Å². The Morgan fingerprint density at radius 3 is 2.21 bits per heavy atom. The van der Waals surface area contributed by atoms with E-state index in [1.807, 2.05) is 0 Å². The molecule has 2 amide bonds. The predicted molar refractivity (Wildman–Crippen MR) is 118 cm³/mol. The predicted octanol–water partition coefficient (Wildman–Crippen LogP) is 3.48. The summed E-state index contributed by atoms with van der Waals surface area (Å²) in [7, 11) is 1.19. The molecule has 8 heteroatoms. The van der Waals surface area contributed by atoms with Gasteiger partial charge >= 0.3 is 5.97 Å². The smallest absolute Gasteiger partial charge is 0.331 e. The number of fused-ring (bicyclic) bond motifs is 1. The van der Waals surface area contributed by atoms with Crippen LogP contribution in [0.5, 0.6) is 0 Å². The van der Waals surface area contributed by atoms with Crippen molar-refractivity contribution < 1.29 is 27.9 Å². The van der Waals surface area contributed by atoms with E-state index in [2.05, 4.69) is 5.32 Å². The summed E-state index contributed by atoms with van der Waals surface area (Å²) in [5.41, 5.74) is -1.00. The highest BCUT2D eigenvalue weighted by Gasteiger charge is 2.70. The van der Waals surface area contributed by atoms with Gasteiger partial charge in [-0.15, -0.1) is 0 Å². The van der Waals surface area contributed by atoms with Gasteiger partial charge in [-0.25, -0.2) is 18.5 Å². The van der Waals surface area contributed by atoms with Gasteiger partial charge < -0.3 is 4.74 Å². The van der Waals surface area contributed by atoms with Gasteiger partial charge in [0.2, 0.25) is 11.8 Å². The van der Waals surface area contributed by atoms with Crippen LogP contribution in [0.1, 0.15) is 17.2 Å². The minimum absolute atomic E-state index is 0.154. The van der Waals surface area contributed by atoms with E-state index in [0.717, 1.165) is 17.0 Å². The Kier molecular flexibility index (Phi) is 5.25. The number of carbonyl (C=O) groups is 3. The summed E-state index contributed by atoms with van der Waals surface area (Å²) in [5.74, 6) is -5.45. The van der Waals surface area contributed by atoms with Crippen molar-refractivity contribution in [1.29, 1.82) is 0 Å². The highest BCUT2D eigenvalue weighted by Crippen LogP contribution is 2.54. The maximum atomic E-state index is 14.9. The number of benzene rings is 3. The molecule has 3 aromatic carbocycles. The van der Waals surface area contributed by atoms with E-state index in [4.69, 9.17) is 4.74 Å². The Hall–Kier alpha value is -3.91. The van der Waals surface area contributed by atoms with Crippen molar-refractivity contribution in [3.63, 3.8) is 0 Å². The number of carbonyl (C=O) groups excluding carboxylic acids is 3. The first-order chi connectivity index (χ1) is 16.4. The summed E-state index contributed by atoms with van der Waals surface area (Å²) in [6.45, 7) is 0. The van der Waals surface area contributed by atoms with E-state index in [-0.39, 0.29) is 11.3 Å². The molecule has 172 valence electrons. The van der Waals surface area contributed by atoms with Crippen LogP contribution in [0.4, 0.5) is 14.5 Å². The van der Waals surface area contributed by atoms with Crippen LogP contribution in [0.15, 0.2) is 78.9 Å². The summed E-state index contributed by atoms with van der Waals surface area (Å²) in [4.78, 5) is 41.8. The largest absolute Gasteiger partial charge is 0.467 e. The monoisotopic (exact) mass is 462 g/mol. The summed E-state index contributed by atoms with van der Waals surface area (Å²) < 4.78 is 33.6. The van der Waals surface area contributed by atoms with Gasteiger partial charge in [-0.3, -0.25) is 14.9 Å². The molecule has 2 saturated heterocycles. The molecule has 1 N–H and O–H groups in total. The van der Waals surface area contributed by atoms with Crippen molar-refractivity contribution in [2.24, 2.45) is 11.8 Å². The average molecular weight is 462 g/mol. The van der Waals surface area contributed by atoms with E-state index in [0.29, 0.717) is 5.56 Å². The number of nitrogens with one attached hydrogen (secondary N) is 1. The number of ether oxygens (including phenoxy) is 1. The van der Waals surface area contributed by atoms with Gasteiger partial charge in [0.1, 0.15) is 11.6 Å². The molecule has 0 bridgehead atoms. The van der Waals surface area contributed by atoms with Gasteiger partial charge in [-0.05, 0) is 35.9 Å². The van der Waals surface area contributed by atoms with Gasteiger partial charge in [-0.1, -0.05) is 48.5 Å². The maximum absolute atomic E-state index is 14.9. The van der Waals surface area contributed by atoms with E-state index in [9.17, 15) is 23.2 Å². The number of hydrogen-bond donors (Lipinski definition) is 1. The van der Waals surface area contributed by atoms with Crippen molar-refractivity contribution in [3.8, 4) is 0 Å². The Balaban J connectivity index is 1.74. The van der Waals surface area contributed by atoms with Crippen LogP contribution >= 0.6 is 0 Å².